The highest BCUT2D eigenvalue weighted by molar-refractivity contribution is 9.10. The van der Waals surface area contributed by atoms with Gasteiger partial charge in [0.05, 0.1) is 6.54 Å². The van der Waals surface area contributed by atoms with Crippen LogP contribution in [0.25, 0.3) is 0 Å². The van der Waals surface area contributed by atoms with Gasteiger partial charge in [0, 0.05) is 23.6 Å². The van der Waals surface area contributed by atoms with Crippen molar-refractivity contribution < 1.29 is 21.6 Å². The fourth-order valence-electron chi connectivity index (χ4n) is 1.65. The largest absolute Gasteiger partial charge is 0.313 e. The van der Waals surface area contributed by atoms with Crippen molar-refractivity contribution in [2.75, 3.05) is 20.1 Å². The average Bonchev–Trinajstić information content (AvgIpc) is 2.38. The molecule has 1 aromatic carbocycles. The van der Waals surface area contributed by atoms with Gasteiger partial charge in [-0.05, 0) is 18.7 Å². The number of nitrogens with one attached hydrogen (secondary N) is 1. The van der Waals surface area contributed by atoms with Crippen LogP contribution in [-0.2, 0) is 16.6 Å². The summed E-state index contributed by atoms with van der Waals surface area (Å²) in [6.07, 6.45) is -2.83. The van der Waals surface area contributed by atoms with Crippen LogP contribution in [0, 0.1) is 5.82 Å². The minimum Gasteiger partial charge on any atom is -0.313 e. The van der Waals surface area contributed by atoms with Gasteiger partial charge in [-0.15, -0.1) is 0 Å². The zero-order valence-corrected chi connectivity index (χ0v) is 13.9. The van der Waals surface area contributed by atoms with Crippen molar-refractivity contribution >= 4 is 26.0 Å². The summed E-state index contributed by atoms with van der Waals surface area (Å²) in [4.78, 5) is -0.618. The predicted octanol–water partition coefficient (Wildman–Crippen LogP) is 2.58. The second-order valence-electron chi connectivity index (χ2n) is 4.33. The molecule has 0 saturated heterocycles. The topological polar surface area (TPSA) is 49.4 Å². The second-order valence-corrected chi connectivity index (χ2v) is 7.26. The second kappa shape index (κ2) is 7.57. The lowest BCUT2D eigenvalue weighted by Crippen LogP contribution is -2.32. The van der Waals surface area contributed by atoms with E-state index in [9.17, 15) is 21.6 Å². The molecular formula is C12H16BrF3N2O2S. The van der Waals surface area contributed by atoms with E-state index < -0.39 is 33.7 Å². The fraction of sp³-hybridized carbons (Fsp3) is 0.500. The van der Waals surface area contributed by atoms with Crippen molar-refractivity contribution in [1.29, 1.82) is 0 Å². The average molecular weight is 389 g/mol. The van der Waals surface area contributed by atoms with Crippen molar-refractivity contribution in [2.45, 2.75) is 24.8 Å². The maximum atomic E-state index is 14.3. The highest BCUT2D eigenvalue weighted by Crippen LogP contribution is 2.26. The fourth-order valence-corrected chi connectivity index (χ4v) is 3.59. The zero-order valence-electron chi connectivity index (χ0n) is 11.5. The van der Waals surface area contributed by atoms with Gasteiger partial charge in [-0.3, -0.25) is 0 Å². The quantitative estimate of drug-likeness (QED) is 0.780. The maximum Gasteiger partial charge on any atom is 0.252 e. The third-order valence-electron chi connectivity index (χ3n) is 2.73. The van der Waals surface area contributed by atoms with Gasteiger partial charge in [-0.25, -0.2) is 21.6 Å². The van der Waals surface area contributed by atoms with Crippen molar-refractivity contribution in [2.24, 2.45) is 0 Å². The Bertz CT molecular complexity index is 596. The molecule has 21 heavy (non-hydrogen) atoms. The first-order chi connectivity index (χ1) is 9.70. The van der Waals surface area contributed by atoms with Gasteiger partial charge < -0.3 is 5.32 Å². The molecule has 0 atom stereocenters. The molecule has 0 unspecified atom stereocenters. The molecule has 0 radical (unpaired) electrons. The summed E-state index contributed by atoms with van der Waals surface area (Å²) >= 11 is 3.11. The first-order valence-corrected chi connectivity index (χ1v) is 8.36. The summed E-state index contributed by atoms with van der Waals surface area (Å²) in [5, 5.41) is 2.88. The summed E-state index contributed by atoms with van der Waals surface area (Å²) in [6, 6.07) is 2.52. The number of halogens is 4. The number of nitrogens with zero attached hydrogens (tertiary/aromatic N) is 1. The van der Waals surface area contributed by atoms with Crippen LogP contribution in [0.2, 0.25) is 0 Å². The van der Waals surface area contributed by atoms with Crippen LogP contribution >= 0.6 is 15.9 Å². The van der Waals surface area contributed by atoms with E-state index >= 15 is 0 Å². The Balaban J connectivity index is 3.25. The van der Waals surface area contributed by atoms with E-state index in [0.717, 1.165) is 13.1 Å². The number of sulfonamides is 1. The van der Waals surface area contributed by atoms with Crippen LogP contribution in [0.5, 0.6) is 0 Å². The molecule has 4 nitrogen and oxygen atoms in total. The van der Waals surface area contributed by atoms with E-state index in [1.807, 2.05) is 6.92 Å². The number of alkyl halides is 2. The number of benzene rings is 1. The minimum atomic E-state index is -4.31. The lowest BCUT2D eigenvalue weighted by atomic mass is 10.2. The molecule has 1 aromatic rings. The smallest absolute Gasteiger partial charge is 0.252 e. The SMILES string of the molecule is CCNCc1cc(Br)cc(S(=O)(=O)N(C)CC(F)F)c1F. The summed E-state index contributed by atoms with van der Waals surface area (Å²) in [5.41, 5.74) is 0.148. The standard InChI is InChI=1S/C12H16BrF3N2O2S/c1-3-17-6-8-4-9(13)5-10(12(8)16)21(19,20)18(2)7-11(14)15/h4-5,11,17H,3,6-7H2,1-2H3. The van der Waals surface area contributed by atoms with Crippen molar-refractivity contribution in [1.82, 2.24) is 9.62 Å². The lowest BCUT2D eigenvalue weighted by molar-refractivity contribution is 0.126. The van der Waals surface area contributed by atoms with Gasteiger partial charge in [0.25, 0.3) is 6.43 Å². The normalized spacial score (nSPS) is 12.4. The van der Waals surface area contributed by atoms with E-state index in [2.05, 4.69) is 21.2 Å². The molecule has 1 rings (SSSR count). The molecule has 0 amide bonds. The summed E-state index contributed by atoms with van der Waals surface area (Å²) in [7, 11) is -3.32. The third-order valence-corrected chi connectivity index (χ3v) is 5.01. The molecule has 0 aliphatic heterocycles. The number of hydrogen-bond acceptors (Lipinski definition) is 3. The molecule has 9 heteroatoms. The highest BCUT2D eigenvalue weighted by Gasteiger charge is 2.28. The Hall–Kier alpha value is -0.640. The van der Waals surface area contributed by atoms with Crippen molar-refractivity contribution in [3.8, 4) is 0 Å². The van der Waals surface area contributed by atoms with Gasteiger partial charge in [-0.2, -0.15) is 4.31 Å². The summed E-state index contributed by atoms with van der Waals surface area (Å²) < 4.78 is 64.2. The molecule has 0 aromatic heterocycles. The Morgan fingerprint density at radius 2 is 2.00 bits per heavy atom. The van der Waals surface area contributed by atoms with E-state index in [-0.39, 0.29) is 12.1 Å². The molecular weight excluding hydrogens is 373 g/mol. The molecule has 0 fully saturated rings. The van der Waals surface area contributed by atoms with Crippen LogP contribution in [-0.4, -0.2) is 39.3 Å². The van der Waals surface area contributed by atoms with Crippen LogP contribution in [0.4, 0.5) is 13.2 Å². The van der Waals surface area contributed by atoms with Gasteiger partial charge >= 0.3 is 0 Å². The lowest BCUT2D eigenvalue weighted by Gasteiger charge is -2.18. The highest BCUT2D eigenvalue weighted by atomic mass is 79.9. The number of rotatable bonds is 7. The van der Waals surface area contributed by atoms with E-state index in [1.54, 1.807) is 0 Å². The molecule has 0 saturated carbocycles. The monoisotopic (exact) mass is 388 g/mol. The molecule has 0 bridgehead atoms. The first kappa shape index (κ1) is 18.4. The summed E-state index contributed by atoms with van der Waals surface area (Å²) in [6.45, 7) is 1.56. The Kier molecular flexibility index (Phi) is 6.64. The van der Waals surface area contributed by atoms with Gasteiger partial charge in [0.1, 0.15) is 10.7 Å². The third kappa shape index (κ3) is 4.67. The Morgan fingerprint density at radius 3 is 2.52 bits per heavy atom. The first-order valence-electron chi connectivity index (χ1n) is 6.13. The number of hydrogen-bond donors (Lipinski definition) is 1. The molecule has 120 valence electrons. The van der Waals surface area contributed by atoms with Crippen LogP contribution in [0.3, 0.4) is 0 Å². The van der Waals surface area contributed by atoms with Gasteiger partial charge in [-0.1, -0.05) is 22.9 Å². The van der Waals surface area contributed by atoms with Gasteiger partial charge in [0.15, 0.2) is 0 Å². The minimum absolute atomic E-state index is 0.142. The Morgan fingerprint density at radius 1 is 1.38 bits per heavy atom. The van der Waals surface area contributed by atoms with E-state index in [4.69, 9.17) is 0 Å². The maximum absolute atomic E-state index is 14.3. The zero-order chi connectivity index (χ0) is 16.2. The van der Waals surface area contributed by atoms with Crippen LogP contribution in [0.15, 0.2) is 21.5 Å². The molecule has 0 heterocycles. The van der Waals surface area contributed by atoms with E-state index in [0.29, 0.717) is 15.3 Å². The van der Waals surface area contributed by atoms with Crippen LogP contribution in [0.1, 0.15) is 12.5 Å². The predicted molar refractivity (Wildman–Crippen MR) is 77.3 cm³/mol. The Labute approximate surface area is 130 Å². The molecule has 0 aliphatic rings. The van der Waals surface area contributed by atoms with Crippen molar-refractivity contribution in [3.63, 3.8) is 0 Å². The van der Waals surface area contributed by atoms with E-state index in [1.165, 1.54) is 6.07 Å². The molecule has 1 N–H and O–H groups in total. The molecule has 0 spiro atoms. The van der Waals surface area contributed by atoms with Crippen molar-refractivity contribution in [3.05, 3.63) is 28.0 Å². The van der Waals surface area contributed by atoms with Crippen LogP contribution < -0.4 is 5.32 Å². The van der Waals surface area contributed by atoms with Gasteiger partial charge in [0.2, 0.25) is 10.0 Å². The summed E-state index contributed by atoms with van der Waals surface area (Å²) in [5.74, 6) is -0.930. The molecule has 0 aliphatic carbocycles.